The molecule has 1 heterocycles. The third-order valence-electron chi connectivity index (χ3n) is 2.96. The monoisotopic (exact) mass is 218 g/mol. The smallest absolute Gasteiger partial charge is 0.222 e. The Kier molecular flexibility index (Phi) is 3.08. The lowest BCUT2D eigenvalue weighted by atomic mass is 10.1. The van der Waals surface area contributed by atoms with Gasteiger partial charge in [-0.15, -0.1) is 0 Å². The minimum Gasteiger partial charge on any atom is -0.368 e. The van der Waals surface area contributed by atoms with Crippen LogP contribution in [0.3, 0.4) is 0 Å². The largest absolute Gasteiger partial charge is 0.368 e. The van der Waals surface area contributed by atoms with Crippen LogP contribution in [0.25, 0.3) is 6.08 Å². The van der Waals surface area contributed by atoms with Crippen molar-refractivity contribution in [3.63, 3.8) is 0 Å². The zero-order valence-corrected chi connectivity index (χ0v) is 9.83. The van der Waals surface area contributed by atoms with Gasteiger partial charge in [-0.25, -0.2) is 4.98 Å². The average molecular weight is 218 g/mol. The Balaban J connectivity index is 2.29. The first-order valence-corrected chi connectivity index (χ1v) is 5.84. The zero-order valence-electron chi connectivity index (χ0n) is 9.83. The van der Waals surface area contributed by atoms with E-state index >= 15 is 0 Å². The molecule has 0 atom stereocenters. The van der Waals surface area contributed by atoms with E-state index in [9.17, 15) is 0 Å². The van der Waals surface area contributed by atoms with Crippen molar-refractivity contribution in [2.24, 2.45) is 0 Å². The van der Waals surface area contributed by atoms with E-state index in [2.05, 4.69) is 41.3 Å². The van der Waals surface area contributed by atoms with Crippen LogP contribution in [-0.4, -0.2) is 16.0 Å². The Bertz CT molecular complexity index is 408. The van der Waals surface area contributed by atoms with Gasteiger partial charge < -0.3 is 11.1 Å². The van der Waals surface area contributed by atoms with E-state index in [0.29, 0.717) is 12.0 Å². The van der Waals surface area contributed by atoms with E-state index in [0.717, 1.165) is 36.3 Å². The summed E-state index contributed by atoms with van der Waals surface area (Å²) in [6.07, 6.45) is 7.19. The molecule has 1 aromatic rings. The third kappa shape index (κ3) is 2.01. The predicted molar refractivity (Wildman–Crippen MR) is 67.2 cm³/mol. The first kappa shape index (κ1) is 10.9. The van der Waals surface area contributed by atoms with Crippen molar-refractivity contribution in [1.82, 2.24) is 9.97 Å². The fraction of sp³-hybridized carbons (Fsp3) is 0.500. The highest BCUT2D eigenvalue weighted by Crippen LogP contribution is 2.26. The highest BCUT2D eigenvalue weighted by atomic mass is 15.1. The Morgan fingerprint density at radius 2 is 2.12 bits per heavy atom. The zero-order chi connectivity index (χ0) is 11.5. The average Bonchev–Trinajstić information content (AvgIpc) is 2.73. The number of nitrogens with two attached hydrogens (primary N) is 1. The Labute approximate surface area is 96.0 Å². The summed E-state index contributed by atoms with van der Waals surface area (Å²) in [5.41, 5.74) is 7.83. The summed E-state index contributed by atoms with van der Waals surface area (Å²) < 4.78 is 0. The van der Waals surface area contributed by atoms with E-state index in [4.69, 9.17) is 5.73 Å². The molecule has 1 aliphatic rings. The van der Waals surface area contributed by atoms with Crippen LogP contribution >= 0.6 is 0 Å². The van der Waals surface area contributed by atoms with Crippen LogP contribution in [0.2, 0.25) is 0 Å². The molecule has 0 fully saturated rings. The SMILES string of the molecule is CCC(CC)Nc1nc(N)nc2c1C=CC2. The molecule has 0 aliphatic heterocycles. The molecule has 0 spiro atoms. The molecule has 0 radical (unpaired) electrons. The van der Waals surface area contributed by atoms with E-state index in [-0.39, 0.29) is 0 Å². The second-order valence-electron chi connectivity index (χ2n) is 4.06. The number of aromatic nitrogens is 2. The van der Waals surface area contributed by atoms with Crippen LogP contribution in [-0.2, 0) is 6.42 Å². The van der Waals surface area contributed by atoms with Gasteiger partial charge in [-0.2, -0.15) is 4.98 Å². The molecule has 0 aromatic carbocycles. The number of nitrogens with one attached hydrogen (secondary N) is 1. The normalized spacial score (nSPS) is 13.2. The number of nitrogens with zero attached hydrogens (tertiary/aromatic N) is 2. The summed E-state index contributed by atoms with van der Waals surface area (Å²) in [5, 5.41) is 3.44. The molecular weight excluding hydrogens is 200 g/mol. The quantitative estimate of drug-likeness (QED) is 0.813. The van der Waals surface area contributed by atoms with E-state index in [1.165, 1.54) is 0 Å². The van der Waals surface area contributed by atoms with Gasteiger partial charge in [0.25, 0.3) is 0 Å². The van der Waals surface area contributed by atoms with Gasteiger partial charge in [0.1, 0.15) is 5.82 Å². The summed E-state index contributed by atoms with van der Waals surface area (Å²) in [7, 11) is 0. The molecule has 0 unspecified atom stereocenters. The summed E-state index contributed by atoms with van der Waals surface area (Å²) in [6, 6.07) is 0.451. The predicted octanol–water partition coefficient (Wildman–Crippen LogP) is 2.23. The molecular formula is C12H18N4. The number of hydrogen-bond acceptors (Lipinski definition) is 4. The topological polar surface area (TPSA) is 63.8 Å². The number of fused-ring (bicyclic) bond motifs is 1. The third-order valence-corrected chi connectivity index (χ3v) is 2.96. The number of anilines is 2. The van der Waals surface area contributed by atoms with Crippen LogP contribution < -0.4 is 11.1 Å². The number of rotatable bonds is 4. The number of hydrogen-bond donors (Lipinski definition) is 2. The summed E-state index contributed by atoms with van der Waals surface area (Å²) in [6.45, 7) is 4.34. The van der Waals surface area contributed by atoms with Gasteiger partial charge in [0, 0.05) is 18.0 Å². The van der Waals surface area contributed by atoms with Crippen molar-refractivity contribution in [2.75, 3.05) is 11.1 Å². The molecule has 16 heavy (non-hydrogen) atoms. The molecule has 0 bridgehead atoms. The minimum atomic E-state index is 0.357. The van der Waals surface area contributed by atoms with Crippen molar-refractivity contribution in [1.29, 1.82) is 0 Å². The lowest BCUT2D eigenvalue weighted by Crippen LogP contribution is -2.19. The summed E-state index contributed by atoms with van der Waals surface area (Å²) in [4.78, 5) is 8.52. The first-order chi connectivity index (χ1) is 7.74. The maximum Gasteiger partial charge on any atom is 0.222 e. The Hall–Kier alpha value is -1.58. The van der Waals surface area contributed by atoms with E-state index in [1.807, 2.05) is 0 Å². The standard InChI is InChI=1S/C12H18N4/c1-3-8(4-2)14-11-9-6-5-7-10(9)15-12(13)16-11/h5-6,8H,3-4,7H2,1-2H3,(H3,13,14,15,16). The number of nitrogen functional groups attached to an aromatic ring is 1. The maximum absolute atomic E-state index is 5.70. The first-order valence-electron chi connectivity index (χ1n) is 5.84. The molecule has 2 rings (SSSR count). The van der Waals surface area contributed by atoms with Crippen molar-refractivity contribution in [3.05, 3.63) is 17.3 Å². The lowest BCUT2D eigenvalue weighted by Gasteiger charge is -2.17. The molecule has 1 aliphatic carbocycles. The van der Waals surface area contributed by atoms with Gasteiger partial charge >= 0.3 is 0 Å². The van der Waals surface area contributed by atoms with Crippen molar-refractivity contribution in [2.45, 2.75) is 39.2 Å². The molecule has 86 valence electrons. The highest BCUT2D eigenvalue weighted by molar-refractivity contribution is 5.70. The Morgan fingerprint density at radius 1 is 1.38 bits per heavy atom. The van der Waals surface area contributed by atoms with Gasteiger partial charge in [0.15, 0.2) is 0 Å². The van der Waals surface area contributed by atoms with E-state index in [1.54, 1.807) is 0 Å². The molecule has 0 amide bonds. The highest BCUT2D eigenvalue weighted by Gasteiger charge is 2.15. The maximum atomic E-state index is 5.70. The second-order valence-corrected chi connectivity index (χ2v) is 4.06. The molecule has 4 heteroatoms. The van der Waals surface area contributed by atoms with Crippen LogP contribution in [0, 0.1) is 0 Å². The van der Waals surface area contributed by atoms with Crippen LogP contribution in [0.15, 0.2) is 6.08 Å². The molecule has 0 saturated heterocycles. The summed E-state index contributed by atoms with van der Waals surface area (Å²) in [5.74, 6) is 1.24. The van der Waals surface area contributed by atoms with Gasteiger partial charge in [0.2, 0.25) is 5.95 Å². The summed E-state index contributed by atoms with van der Waals surface area (Å²) >= 11 is 0. The van der Waals surface area contributed by atoms with Crippen LogP contribution in [0.5, 0.6) is 0 Å². The lowest BCUT2D eigenvalue weighted by molar-refractivity contribution is 0.668. The van der Waals surface area contributed by atoms with Gasteiger partial charge in [-0.3, -0.25) is 0 Å². The fourth-order valence-corrected chi connectivity index (χ4v) is 1.95. The second kappa shape index (κ2) is 4.51. The minimum absolute atomic E-state index is 0.357. The van der Waals surface area contributed by atoms with Gasteiger partial charge in [-0.1, -0.05) is 26.0 Å². The fourth-order valence-electron chi connectivity index (χ4n) is 1.95. The van der Waals surface area contributed by atoms with Crippen molar-refractivity contribution < 1.29 is 0 Å². The van der Waals surface area contributed by atoms with E-state index < -0.39 is 0 Å². The number of allylic oxidation sites excluding steroid dienone is 1. The molecule has 3 N–H and O–H groups in total. The Morgan fingerprint density at radius 3 is 2.81 bits per heavy atom. The molecule has 0 saturated carbocycles. The van der Waals surface area contributed by atoms with Crippen LogP contribution in [0.4, 0.5) is 11.8 Å². The van der Waals surface area contributed by atoms with Crippen LogP contribution in [0.1, 0.15) is 37.9 Å². The van der Waals surface area contributed by atoms with Gasteiger partial charge in [0.05, 0.1) is 5.69 Å². The van der Waals surface area contributed by atoms with Gasteiger partial charge in [-0.05, 0) is 12.8 Å². The molecule has 1 aromatic heterocycles. The van der Waals surface area contributed by atoms with Crippen molar-refractivity contribution >= 4 is 17.8 Å². The van der Waals surface area contributed by atoms with Crippen molar-refractivity contribution in [3.8, 4) is 0 Å². The molecule has 4 nitrogen and oxygen atoms in total.